The molecule has 4 amide bonds. The SMILES string of the molecule is Cc1nc2cc(Cl)ccc2c2c1O[C@]1(CC2)C[C@@H](C(N)=O)N(C(=O)[C@H](CCCCC/C=C\[C@@H]2C[C@@H]2C(=O)NS(=O)(=O)C2(C)CC2)NC(=O)OCC(C)C)C1. The highest BCUT2D eigenvalue weighted by Crippen LogP contribution is 2.46. The van der Waals surface area contributed by atoms with E-state index in [9.17, 15) is 27.6 Å². The van der Waals surface area contributed by atoms with Gasteiger partial charge in [-0.15, -0.1) is 0 Å². The van der Waals surface area contributed by atoms with Gasteiger partial charge in [-0.25, -0.2) is 18.2 Å². The highest BCUT2D eigenvalue weighted by Gasteiger charge is 2.54. The Labute approximate surface area is 322 Å². The third kappa shape index (κ3) is 8.80. The fourth-order valence-corrected chi connectivity index (χ4v) is 9.03. The van der Waals surface area contributed by atoms with Crippen LogP contribution in [0.15, 0.2) is 30.4 Å². The maximum absolute atomic E-state index is 14.2. The second-order valence-corrected chi connectivity index (χ2v) is 18.9. The quantitative estimate of drug-likeness (QED) is 0.160. The average molecular weight is 786 g/mol. The molecule has 1 spiro atoms. The standard InChI is InChI=1S/C39H52ClN5O8S/c1-23(2)21-52-37(49)43-30(11-9-7-5-6-8-10-25-18-29(25)35(47)44-54(50,51)38(4)16-17-38)36(48)45-22-39(20-32(45)34(41)46)15-14-28-27-13-12-26(40)19-31(27)42-24(3)33(28)53-39/h8,10,12-13,19,23,25,29-30,32H,5-7,9,11,14-18,20-22H2,1-4H3,(H2,41,46)(H,43,49)(H,44,47)/b10-8-/t25-,29+,30+,32+,39-/m1/s1. The lowest BCUT2D eigenvalue weighted by Crippen LogP contribution is -2.53. The van der Waals surface area contributed by atoms with E-state index in [1.807, 2.05) is 51.1 Å². The molecular weight excluding hydrogens is 734 g/mol. The van der Waals surface area contributed by atoms with Gasteiger partial charge >= 0.3 is 6.09 Å². The van der Waals surface area contributed by atoms with Crippen LogP contribution in [0.1, 0.15) is 96.2 Å². The summed E-state index contributed by atoms with van der Waals surface area (Å²) in [5.74, 6) is -1.03. The first-order valence-electron chi connectivity index (χ1n) is 19.1. The molecular formula is C39H52ClN5O8S. The Hall–Kier alpha value is -3.91. The Morgan fingerprint density at radius 2 is 1.93 bits per heavy atom. The summed E-state index contributed by atoms with van der Waals surface area (Å²) in [6.07, 6.45) is 9.75. The summed E-state index contributed by atoms with van der Waals surface area (Å²) in [5.41, 5.74) is 7.53. The number of allylic oxidation sites excluding steroid dienone is 2. The van der Waals surface area contributed by atoms with E-state index >= 15 is 0 Å². The Balaban J connectivity index is 1.06. The van der Waals surface area contributed by atoms with Crippen molar-refractivity contribution in [1.29, 1.82) is 0 Å². The summed E-state index contributed by atoms with van der Waals surface area (Å²) in [6, 6.07) is 3.72. The van der Waals surface area contributed by atoms with E-state index < -0.39 is 56.3 Å². The molecule has 3 heterocycles. The van der Waals surface area contributed by atoms with Gasteiger partial charge in [0.05, 0.1) is 29.1 Å². The van der Waals surface area contributed by atoms with Crippen molar-refractivity contribution in [3.05, 3.63) is 46.6 Å². The van der Waals surface area contributed by atoms with Crippen LogP contribution in [0, 0.1) is 24.7 Å². The van der Waals surface area contributed by atoms with Gasteiger partial charge in [0.1, 0.15) is 23.4 Å². The van der Waals surface area contributed by atoms with Gasteiger partial charge in [0.25, 0.3) is 0 Å². The van der Waals surface area contributed by atoms with Crippen LogP contribution in [0.4, 0.5) is 4.79 Å². The topological polar surface area (TPSA) is 187 Å². The number of hydrogen-bond donors (Lipinski definition) is 3. The molecule has 0 radical (unpaired) electrons. The minimum atomic E-state index is -3.64. The number of nitrogens with zero attached hydrogens (tertiary/aromatic N) is 2. The van der Waals surface area contributed by atoms with Crippen molar-refractivity contribution in [3.63, 3.8) is 0 Å². The molecule has 1 saturated heterocycles. The maximum atomic E-state index is 14.2. The van der Waals surface area contributed by atoms with Crippen LogP contribution in [-0.4, -0.2) is 77.7 Å². The molecule has 13 nitrogen and oxygen atoms in total. The monoisotopic (exact) mass is 785 g/mol. The smallest absolute Gasteiger partial charge is 0.407 e. The van der Waals surface area contributed by atoms with Crippen molar-refractivity contribution in [2.75, 3.05) is 13.2 Å². The molecule has 1 aromatic carbocycles. The molecule has 2 aliphatic heterocycles. The van der Waals surface area contributed by atoms with Crippen molar-refractivity contribution in [3.8, 4) is 5.75 Å². The molecule has 0 unspecified atom stereocenters. The number of unbranched alkanes of at least 4 members (excludes halogenated alkanes) is 3. The van der Waals surface area contributed by atoms with Gasteiger partial charge in [-0.3, -0.25) is 19.1 Å². The third-order valence-electron chi connectivity index (χ3n) is 11.2. The van der Waals surface area contributed by atoms with Gasteiger partial charge in [0, 0.05) is 28.3 Å². The van der Waals surface area contributed by atoms with Crippen molar-refractivity contribution in [2.24, 2.45) is 23.5 Å². The molecule has 2 aliphatic carbocycles. The molecule has 5 atom stereocenters. The number of likely N-dealkylation sites (tertiary alicyclic amines) is 1. The number of pyridine rings is 1. The van der Waals surface area contributed by atoms with Gasteiger partial charge in [0.2, 0.25) is 27.7 Å². The van der Waals surface area contributed by atoms with Crippen LogP contribution < -0.4 is 20.5 Å². The van der Waals surface area contributed by atoms with E-state index in [2.05, 4.69) is 10.0 Å². The number of ether oxygens (including phenoxy) is 2. The maximum Gasteiger partial charge on any atom is 0.407 e. The molecule has 0 bridgehead atoms. The van der Waals surface area contributed by atoms with Gasteiger partial charge in [-0.1, -0.05) is 56.5 Å². The predicted octanol–water partition coefficient (Wildman–Crippen LogP) is 5.24. The van der Waals surface area contributed by atoms with Gasteiger partial charge in [-0.2, -0.15) is 0 Å². The van der Waals surface area contributed by atoms with Crippen molar-refractivity contribution in [1.82, 2.24) is 19.9 Å². The molecule has 54 heavy (non-hydrogen) atoms. The zero-order valence-corrected chi connectivity index (χ0v) is 33.1. The lowest BCUT2D eigenvalue weighted by molar-refractivity contribution is -0.139. The summed E-state index contributed by atoms with van der Waals surface area (Å²) in [4.78, 5) is 58.6. The second-order valence-electron chi connectivity index (χ2n) is 16.2. The molecule has 2 aromatic rings. The summed E-state index contributed by atoms with van der Waals surface area (Å²) in [7, 11) is -3.64. The molecule has 6 rings (SSSR count). The molecule has 15 heteroatoms. The van der Waals surface area contributed by atoms with Crippen LogP contribution in [-0.2, 0) is 35.6 Å². The van der Waals surface area contributed by atoms with E-state index in [0.717, 1.165) is 35.7 Å². The highest BCUT2D eigenvalue weighted by molar-refractivity contribution is 7.91. The molecule has 4 aliphatic rings. The molecule has 4 N–H and O–H groups in total. The largest absolute Gasteiger partial charge is 0.483 e. The zero-order valence-electron chi connectivity index (χ0n) is 31.5. The van der Waals surface area contributed by atoms with Gasteiger partial charge < -0.3 is 25.4 Å². The second kappa shape index (κ2) is 15.7. The molecule has 3 fully saturated rings. The van der Waals surface area contributed by atoms with Crippen molar-refractivity contribution in [2.45, 2.75) is 121 Å². The Morgan fingerprint density at radius 1 is 1.17 bits per heavy atom. The van der Waals surface area contributed by atoms with Crippen LogP contribution in [0.5, 0.6) is 5.75 Å². The molecule has 1 aromatic heterocycles. The minimum Gasteiger partial charge on any atom is -0.483 e. The molecule has 294 valence electrons. The number of benzene rings is 1. The fourth-order valence-electron chi connectivity index (χ4n) is 7.56. The number of aromatic nitrogens is 1. The summed E-state index contributed by atoms with van der Waals surface area (Å²) >= 11 is 6.23. The number of nitrogens with one attached hydrogen (secondary N) is 2. The summed E-state index contributed by atoms with van der Waals surface area (Å²) in [5, 5.41) is 4.30. The number of carbonyl (C=O) groups is 4. The van der Waals surface area contributed by atoms with E-state index in [4.69, 9.17) is 31.8 Å². The van der Waals surface area contributed by atoms with Gasteiger partial charge in [0.15, 0.2) is 0 Å². The number of primary amides is 1. The van der Waals surface area contributed by atoms with E-state index in [1.54, 1.807) is 6.92 Å². The van der Waals surface area contributed by atoms with E-state index in [0.29, 0.717) is 61.4 Å². The van der Waals surface area contributed by atoms with Crippen molar-refractivity contribution >= 4 is 56.3 Å². The first-order valence-corrected chi connectivity index (χ1v) is 20.9. The Bertz CT molecular complexity index is 1950. The van der Waals surface area contributed by atoms with Crippen LogP contribution >= 0.6 is 11.6 Å². The molecule has 2 saturated carbocycles. The first kappa shape index (κ1) is 39.8. The number of hydrogen-bond acceptors (Lipinski definition) is 9. The highest BCUT2D eigenvalue weighted by atomic mass is 35.5. The number of halogens is 1. The van der Waals surface area contributed by atoms with Crippen LogP contribution in [0.2, 0.25) is 5.02 Å². The van der Waals surface area contributed by atoms with E-state index in [1.165, 1.54) is 4.90 Å². The lowest BCUT2D eigenvalue weighted by atomic mass is 9.87. The number of rotatable bonds is 15. The Kier molecular flexibility index (Phi) is 11.5. The lowest BCUT2D eigenvalue weighted by Gasteiger charge is -2.36. The zero-order chi connectivity index (χ0) is 39.0. The number of fused-ring (bicyclic) bond motifs is 3. The number of sulfonamides is 1. The number of aryl methyl sites for hydroxylation is 2. The van der Waals surface area contributed by atoms with Crippen molar-refractivity contribution < 1.29 is 37.1 Å². The number of nitrogens with two attached hydrogens (primary N) is 1. The van der Waals surface area contributed by atoms with Crippen LogP contribution in [0.25, 0.3) is 10.9 Å². The summed E-state index contributed by atoms with van der Waals surface area (Å²) < 4.78 is 38.3. The fraction of sp³-hybridized carbons (Fsp3) is 0.615. The number of carbonyl (C=O) groups excluding carboxylic acids is 4. The van der Waals surface area contributed by atoms with E-state index in [-0.39, 0.29) is 37.3 Å². The number of alkyl carbamates (subject to hydrolysis) is 1. The van der Waals surface area contributed by atoms with Crippen LogP contribution in [0.3, 0.4) is 0 Å². The predicted molar refractivity (Wildman–Crippen MR) is 204 cm³/mol. The summed E-state index contributed by atoms with van der Waals surface area (Å²) in [6.45, 7) is 7.68. The third-order valence-corrected chi connectivity index (χ3v) is 13.6. The normalized spacial score (nSPS) is 24.6. The first-order chi connectivity index (χ1) is 25.5. The minimum absolute atomic E-state index is 0.0254. The average Bonchev–Trinajstić information content (AvgIpc) is 4.03. The Morgan fingerprint density at radius 3 is 2.63 bits per heavy atom. The van der Waals surface area contributed by atoms with Gasteiger partial charge in [-0.05, 0) is 89.2 Å². The number of amides is 4.